The van der Waals surface area contributed by atoms with Crippen molar-refractivity contribution in [3.05, 3.63) is 65.7 Å². The summed E-state index contributed by atoms with van der Waals surface area (Å²) in [7, 11) is 0. The van der Waals surface area contributed by atoms with E-state index >= 15 is 0 Å². The van der Waals surface area contributed by atoms with Gasteiger partial charge in [-0.3, -0.25) is 0 Å². The lowest BCUT2D eigenvalue weighted by Gasteiger charge is -2.39. The number of para-hydroxylation sites is 2. The number of nitrogens with zero attached hydrogens (tertiary/aromatic N) is 3. The van der Waals surface area contributed by atoms with Crippen molar-refractivity contribution in [2.75, 3.05) is 26.2 Å². The van der Waals surface area contributed by atoms with Crippen LogP contribution in [0.25, 0.3) is 11.0 Å². The average Bonchev–Trinajstić information content (AvgIpc) is 3.13. The van der Waals surface area contributed by atoms with Crippen LogP contribution in [-0.2, 0) is 13.0 Å². The molecule has 0 radical (unpaired) electrons. The summed E-state index contributed by atoms with van der Waals surface area (Å²) in [5, 5.41) is 3.48. The van der Waals surface area contributed by atoms with Gasteiger partial charge in [-0.2, -0.15) is 0 Å². The lowest BCUT2D eigenvalue weighted by molar-refractivity contribution is 0.110. The monoisotopic (exact) mass is 406 g/mol. The molecule has 0 bridgehead atoms. The molecule has 2 saturated heterocycles. The molecule has 0 amide bonds. The summed E-state index contributed by atoms with van der Waals surface area (Å²) in [4.78, 5) is 7.72. The van der Waals surface area contributed by atoms with Crippen LogP contribution in [-0.4, -0.2) is 46.7 Å². The second kappa shape index (κ2) is 8.86. The molecule has 3 aromatic rings. The Balaban J connectivity index is 1.31. The lowest BCUT2D eigenvalue weighted by Crippen LogP contribution is -2.46. The predicted molar refractivity (Wildman–Crippen MR) is 119 cm³/mol. The SMILES string of the molecule is Fc1ccc(Cn2c(CC3CCN(C4CCNCC4)CC3)nc3ccccc32)cc1. The van der Waals surface area contributed by atoms with Gasteiger partial charge in [0.1, 0.15) is 11.6 Å². The Kier molecular flexibility index (Phi) is 5.82. The number of nitrogens with one attached hydrogen (secondary N) is 1. The lowest BCUT2D eigenvalue weighted by atomic mass is 9.91. The van der Waals surface area contributed by atoms with Crippen molar-refractivity contribution in [3.63, 3.8) is 0 Å². The van der Waals surface area contributed by atoms with Gasteiger partial charge < -0.3 is 14.8 Å². The van der Waals surface area contributed by atoms with Crippen molar-refractivity contribution in [1.82, 2.24) is 19.8 Å². The molecule has 5 heteroatoms. The molecule has 5 rings (SSSR count). The summed E-state index contributed by atoms with van der Waals surface area (Å²) in [6.45, 7) is 5.50. The highest BCUT2D eigenvalue weighted by Crippen LogP contribution is 2.27. The highest BCUT2D eigenvalue weighted by Gasteiger charge is 2.27. The molecule has 3 heterocycles. The van der Waals surface area contributed by atoms with Gasteiger partial charge in [0.05, 0.1) is 11.0 Å². The molecular formula is C25H31FN4. The number of hydrogen-bond donors (Lipinski definition) is 1. The van der Waals surface area contributed by atoms with Crippen molar-refractivity contribution in [1.29, 1.82) is 0 Å². The number of benzene rings is 2. The number of hydrogen-bond acceptors (Lipinski definition) is 3. The molecule has 4 nitrogen and oxygen atoms in total. The minimum atomic E-state index is -0.185. The standard InChI is InChI=1S/C25H31FN4/c26-21-7-5-20(6-8-21)18-30-24-4-2-1-3-23(24)28-25(30)17-19-11-15-29(16-12-19)22-9-13-27-14-10-22/h1-8,19,22,27H,9-18H2. The van der Waals surface area contributed by atoms with Crippen molar-refractivity contribution < 1.29 is 4.39 Å². The maximum absolute atomic E-state index is 13.3. The predicted octanol–water partition coefficient (Wildman–Crippen LogP) is 4.23. The summed E-state index contributed by atoms with van der Waals surface area (Å²) in [6, 6.07) is 16.0. The summed E-state index contributed by atoms with van der Waals surface area (Å²) < 4.78 is 15.7. The second-order valence-electron chi connectivity index (χ2n) is 8.89. The van der Waals surface area contributed by atoms with Crippen molar-refractivity contribution in [3.8, 4) is 0 Å². The normalized spacial score (nSPS) is 19.5. The third kappa shape index (κ3) is 4.28. The maximum Gasteiger partial charge on any atom is 0.123 e. The number of fused-ring (bicyclic) bond motifs is 1. The Morgan fingerprint density at radius 2 is 1.67 bits per heavy atom. The Morgan fingerprint density at radius 3 is 2.43 bits per heavy atom. The molecule has 0 unspecified atom stereocenters. The first-order chi connectivity index (χ1) is 14.8. The minimum Gasteiger partial charge on any atom is -0.323 e. The molecule has 2 fully saturated rings. The van der Waals surface area contributed by atoms with E-state index in [-0.39, 0.29) is 5.82 Å². The Hall–Kier alpha value is -2.24. The number of aromatic nitrogens is 2. The third-order valence-electron chi connectivity index (χ3n) is 6.93. The van der Waals surface area contributed by atoms with Gasteiger partial charge in [-0.05, 0) is 87.6 Å². The number of imidazole rings is 1. The molecule has 1 N–H and O–H groups in total. The molecule has 2 aromatic carbocycles. The fraction of sp³-hybridized carbons (Fsp3) is 0.480. The molecule has 2 aliphatic heterocycles. The van der Waals surface area contributed by atoms with E-state index in [1.807, 2.05) is 12.1 Å². The van der Waals surface area contributed by atoms with E-state index in [1.165, 1.54) is 50.1 Å². The van der Waals surface area contributed by atoms with Crippen LogP contribution >= 0.6 is 0 Å². The minimum absolute atomic E-state index is 0.185. The van der Waals surface area contributed by atoms with Crippen molar-refractivity contribution in [2.24, 2.45) is 5.92 Å². The first kappa shape index (κ1) is 19.7. The van der Waals surface area contributed by atoms with Gasteiger partial charge in [-0.15, -0.1) is 0 Å². The third-order valence-corrected chi connectivity index (χ3v) is 6.93. The molecule has 0 saturated carbocycles. The van der Waals surface area contributed by atoms with Gasteiger partial charge in [0.25, 0.3) is 0 Å². The molecule has 1 aromatic heterocycles. The molecule has 30 heavy (non-hydrogen) atoms. The maximum atomic E-state index is 13.3. The van der Waals surface area contributed by atoms with Gasteiger partial charge in [0.15, 0.2) is 0 Å². The topological polar surface area (TPSA) is 33.1 Å². The zero-order valence-electron chi connectivity index (χ0n) is 17.6. The van der Waals surface area contributed by atoms with Crippen LogP contribution in [0.5, 0.6) is 0 Å². The van der Waals surface area contributed by atoms with Crippen LogP contribution in [0.1, 0.15) is 37.1 Å². The van der Waals surface area contributed by atoms with Crippen LogP contribution < -0.4 is 5.32 Å². The summed E-state index contributed by atoms with van der Waals surface area (Å²) >= 11 is 0. The van der Waals surface area contributed by atoms with Gasteiger partial charge >= 0.3 is 0 Å². The largest absolute Gasteiger partial charge is 0.323 e. The van der Waals surface area contributed by atoms with E-state index in [0.717, 1.165) is 43.2 Å². The number of halogens is 1. The van der Waals surface area contributed by atoms with E-state index in [2.05, 4.69) is 39.0 Å². The van der Waals surface area contributed by atoms with Crippen LogP contribution in [0, 0.1) is 11.7 Å². The van der Waals surface area contributed by atoms with E-state index in [1.54, 1.807) is 12.1 Å². The second-order valence-corrected chi connectivity index (χ2v) is 8.89. The first-order valence-corrected chi connectivity index (χ1v) is 11.4. The quantitative estimate of drug-likeness (QED) is 0.688. The Morgan fingerprint density at radius 1 is 0.933 bits per heavy atom. The Bertz CT molecular complexity index is 966. The fourth-order valence-corrected chi connectivity index (χ4v) is 5.18. The van der Waals surface area contributed by atoms with Crippen LogP contribution in [0.15, 0.2) is 48.5 Å². The summed E-state index contributed by atoms with van der Waals surface area (Å²) in [5.74, 6) is 1.67. The zero-order chi connectivity index (χ0) is 20.3. The fourth-order valence-electron chi connectivity index (χ4n) is 5.18. The zero-order valence-corrected chi connectivity index (χ0v) is 17.6. The van der Waals surface area contributed by atoms with Crippen LogP contribution in [0.3, 0.4) is 0 Å². The van der Waals surface area contributed by atoms with Crippen LogP contribution in [0.2, 0.25) is 0 Å². The van der Waals surface area contributed by atoms with Crippen molar-refractivity contribution >= 4 is 11.0 Å². The molecule has 0 atom stereocenters. The molecule has 0 aliphatic carbocycles. The smallest absolute Gasteiger partial charge is 0.123 e. The van der Waals surface area contributed by atoms with E-state index in [0.29, 0.717) is 5.92 Å². The van der Waals surface area contributed by atoms with Gasteiger partial charge in [-0.25, -0.2) is 9.37 Å². The number of rotatable bonds is 5. The van der Waals surface area contributed by atoms with E-state index in [4.69, 9.17) is 4.98 Å². The van der Waals surface area contributed by atoms with Crippen molar-refractivity contribution in [2.45, 2.75) is 44.7 Å². The first-order valence-electron chi connectivity index (χ1n) is 11.4. The number of piperidine rings is 2. The molecule has 0 spiro atoms. The summed E-state index contributed by atoms with van der Waals surface area (Å²) in [6.07, 6.45) is 6.11. The molecule has 158 valence electrons. The van der Waals surface area contributed by atoms with E-state index in [9.17, 15) is 4.39 Å². The number of likely N-dealkylation sites (tertiary alicyclic amines) is 1. The highest BCUT2D eigenvalue weighted by molar-refractivity contribution is 5.76. The van der Waals surface area contributed by atoms with Gasteiger partial charge in [0.2, 0.25) is 0 Å². The van der Waals surface area contributed by atoms with Crippen LogP contribution in [0.4, 0.5) is 4.39 Å². The highest BCUT2D eigenvalue weighted by atomic mass is 19.1. The molecular weight excluding hydrogens is 375 g/mol. The average molecular weight is 407 g/mol. The summed E-state index contributed by atoms with van der Waals surface area (Å²) in [5.41, 5.74) is 3.34. The van der Waals surface area contributed by atoms with Gasteiger partial charge in [0, 0.05) is 19.0 Å². The molecule has 2 aliphatic rings. The van der Waals surface area contributed by atoms with Gasteiger partial charge in [-0.1, -0.05) is 24.3 Å². The Labute approximate surface area is 178 Å². The van der Waals surface area contributed by atoms with E-state index < -0.39 is 0 Å².